The highest BCUT2D eigenvalue weighted by Crippen LogP contribution is 2.29. The van der Waals surface area contributed by atoms with Crippen LogP contribution in [-0.4, -0.2) is 50.1 Å². The standard InChI is InChI=1S/C20H25N5O6S/c1-9-10(8-12-16(22-9)24-20(21)25-17(12)28)2-3-11-4-6-14(32-11)18(29)23-13(19(30)31)5-7-15(26)27/h4,6,9-10,13H,2-3,5,7-8H2,1H3,(H,23,29)(H,26,27)(H,30,31)(H4,21,22,24,25,28)/t9?,10?,13-/m0/s1. The first-order valence-electron chi connectivity index (χ1n) is 10.1. The molecule has 2 unspecified atom stereocenters. The predicted octanol–water partition coefficient (Wildman–Crippen LogP) is 1.07. The van der Waals surface area contributed by atoms with Crippen molar-refractivity contribution in [3.05, 3.63) is 37.8 Å². The van der Waals surface area contributed by atoms with E-state index < -0.39 is 23.9 Å². The van der Waals surface area contributed by atoms with Crippen molar-refractivity contribution in [2.24, 2.45) is 5.92 Å². The lowest BCUT2D eigenvalue weighted by Crippen LogP contribution is -2.40. The lowest BCUT2D eigenvalue weighted by atomic mass is 9.86. The number of hydrogen-bond donors (Lipinski definition) is 6. The van der Waals surface area contributed by atoms with Gasteiger partial charge in [-0.15, -0.1) is 11.3 Å². The van der Waals surface area contributed by atoms with Crippen molar-refractivity contribution in [2.75, 3.05) is 11.1 Å². The number of carboxylic acids is 2. The molecule has 3 atom stereocenters. The van der Waals surface area contributed by atoms with E-state index in [0.717, 1.165) is 11.3 Å². The Kier molecular flexibility index (Phi) is 7.13. The maximum absolute atomic E-state index is 12.4. The summed E-state index contributed by atoms with van der Waals surface area (Å²) < 4.78 is 0. The van der Waals surface area contributed by atoms with Crippen LogP contribution < -0.4 is 21.9 Å². The molecule has 12 heteroatoms. The SMILES string of the molecule is CC1Nc2nc(N)[nH]c(=O)c2CC1CCc1ccc(C(=O)N[C@@H](CCC(=O)O)C(=O)O)s1. The van der Waals surface area contributed by atoms with Crippen molar-refractivity contribution in [1.82, 2.24) is 15.3 Å². The number of nitrogens with one attached hydrogen (secondary N) is 3. The Balaban J connectivity index is 1.59. The number of nitrogens with two attached hydrogens (primary N) is 1. The quantitative estimate of drug-likeness (QED) is 0.316. The third-order valence-corrected chi connectivity index (χ3v) is 6.61. The fourth-order valence-electron chi connectivity index (χ4n) is 3.67. The van der Waals surface area contributed by atoms with Crippen LogP contribution in [0.4, 0.5) is 11.8 Å². The number of hydrogen-bond acceptors (Lipinski definition) is 8. The van der Waals surface area contributed by atoms with Gasteiger partial charge in [0, 0.05) is 17.3 Å². The van der Waals surface area contributed by atoms with E-state index in [-0.39, 0.29) is 36.3 Å². The summed E-state index contributed by atoms with van der Waals surface area (Å²) in [5.74, 6) is -2.18. The number of fused-ring (bicyclic) bond motifs is 1. The van der Waals surface area contributed by atoms with Crippen LogP contribution in [0.5, 0.6) is 0 Å². The molecule has 7 N–H and O–H groups in total. The molecular formula is C20H25N5O6S. The molecule has 0 fully saturated rings. The van der Waals surface area contributed by atoms with Crippen LogP contribution >= 0.6 is 11.3 Å². The molecule has 1 amide bonds. The second-order valence-corrected chi connectivity index (χ2v) is 8.95. The Bertz CT molecular complexity index is 1080. The van der Waals surface area contributed by atoms with E-state index in [2.05, 4.69) is 20.6 Å². The fraction of sp³-hybridized carbons (Fsp3) is 0.450. The van der Waals surface area contributed by atoms with Gasteiger partial charge in [-0.25, -0.2) is 4.79 Å². The van der Waals surface area contributed by atoms with Crippen LogP contribution in [0.1, 0.15) is 46.3 Å². The Morgan fingerprint density at radius 3 is 2.78 bits per heavy atom. The van der Waals surface area contributed by atoms with Crippen LogP contribution in [0.2, 0.25) is 0 Å². The first-order chi connectivity index (χ1) is 15.1. The van der Waals surface area contributed by atoms with Crippen molar-refractivity contribution in [1.29, 1.82) is 0 Å². The first kappa shape index (κ1) is 23.3. The molecule has 0 spiro atoms. The number of aromatic amines is 1. The minimum atomic E-state index is -1.28. The molecule has 3 rings (SSSR count). The van der Waals surface area contributed by atoms with E-state index >= 15 is 0 Å². The average Bonchev–Trinajstić information content (AvgIpc) is 3.18. The smallest absolute Gasteiger partial charge is 0.326 e. The zero-order chi connectivity index (χ0) is 23.4. The molecule has 11 nitrogen and oxygen atoms in total. The number of nitrogens with zero attached hydrogens (tertiary/aromatic N) is 1. The summed E-state index contributed by atoms with van der Waals surface area (Å²) in [6.07, 6.45) is 1.48. The number of carboxylic acid groups (broad SMARTS) is 2. The Labute approximate surface area is 187 Å². The number of thiophene rings is 1. The van der Waals surface area contributed by atoms with Crippen molar-refractivity contribution < 1.29 is 24.6 Å². The van der Waals surface area contributed by atoms with Crippen LogP contribution in [-0.2, 0) is 22.4 Å². The lowest BCUT2D eigenvalue weighted by molar-refractivity contribution is -0.140. The predicted molar refractivity (Wildman–Crippen MR) is 118 cm³/mol. The second-order valence-electron chi connectivity index (χ2n) is 7.78. The summed E-state index contributed by atoms with van der Waals surface area (Å²) in [6.45, 7) is 2.02. The van der Waals surface area contributed by atoms with Gasteiger partial charge in [0.05, 0.1) is 10.4 Å². The molecule has 2 aromatic heterocycles. The van der Waals surface area contributed by atoms with Gasteiger partial charge in [-0.3, -0.25) is 19.4 Å². The fourth-order valence-corrected chi connectivity index (χ4v) is 4.59. The molecule has 172 valence electrons. The van der Waals surface area contributed by atoms with Gasteiger partial charge in [0.25, 0.3) is 11.5 Å². The second kappa shape index (κ2) is 9.81. The molecule has 3 heterocycles. The number of rotatable bonds is 9. The number of amides is 1. The summed E-state index contributed by atoms with van der Waals surface area (Å²) in [4.78, 5) is 54.5. The van der Waals surface area contributed by atoms with Gasteiger partial charge in [-0.2, -0.15) is 4.98 Å². The van der Waals surface area contributed by atoms with Crippen molar-refractivity contribution in [3.63, 3.8) is 0 Å². The highest BCUT2D eigenvalue weighted by Gasteiger charge is 2.28. The Morgan fingerprint density at radius 1 is 1.34 bits per heavy atom. The number of aliphatic carboxylic acids is 2. The molecule has 0 saturated heterocycles. The number of H-pyrrole nitrogens is 1. The van der Waals surface area contributed by atoms with Gasteiger partial charge in [0.1, 0.15) is 11.9 Å². The lowest BCUT2D eigenvalue weighted by Gasteiger charge is -2.31. The molecule has 0 bridgehead atoms. The van der Waals surface area contributed by atoms with E-state index in [9.17, 15) is 24.3 Å². The molecule has 0 radical (unpaired) electrons. The molecule has 0 saturated carbocycles. The zero-order valence-corrected chi connectivity index (χ0v) is 18.2. The van der Waals surface area contributed by atoms with Crippen LogP contribution in [0.25, 0.3) is 0 Å². The van der Waals surface area contributed by atoms with Gasteiger partial charge in [0.2, 0.25) is 5.95 Å². The topological polar surface area (TPSA) is 187 Å². The van der Waals surface area contributed by atoms with Gasteiger partial charge >= 0.3 is 11.9 Å². The zero-order valence-electron chi connectivity index (χ0n) is 17.4. The number of aromatic nitrogens is 2. The number of nitrogen functional groups attached to an aromatic ring is 1. The normalized spacial score (nSPS) is 18.3. The largest absolute Gasteiger partial charge is 0.481 e. The van der Waals surface area contributed by atoms with Crippen molar-refractivity contribution >= 4 is 40.9 Å². The van der Waals surface area contributed by atoms with E-state index in [1.54, 1.807) is 6.07 Å². The monoisotopic (exact) mass is 463 g/mol. The molecule has 1 aliphatic rings. The van der Waals surface area contributed by atoms with E-state index in [0.29, 0.717) is 29.1 Å². The van der Waals surface area contributed by atoms with Gasteiger partial charge in [0.15, 0.2) is 0 Å². The third kappa shape index (κ3) is 5.63. The minimum Gasteiger partial charge on any atom is -0.481 e. The summed E-state index contributed by atoms with van der Waals surface area (Å²) >= 11 is 1.26. The first-order valence-corrected chi connectivity index (χ1v) is 10.9. The summed E-state index contributed by atoms with van der Waals surface area (Å²) in [6, 6.07) is 2.26. The van der Waals surface area contributed by atoms with Gasteiger partial charge < -0.3 is 26.6 Å². The number of anilines is 2. The molecular weight excluding hydrogens is 438 g/mol. The number of carbonyl (C=O) groups excluding carboxylic acids is 1. The Morgan fingerprint density at radius 2 is 2.09 bits per heavy atom. The van der Waals surface area contributed by atoms with E-state index in [4.69, 9.17) is 10.8 Å². The van der Waals surface area contributed by atoms with Crippen LogP contribution in [0.15, 0.2) is 16.9 Å². The van der Waals surface area contributed by atoms with Crippen molar-refractivity contribution in [3.8, 4) is 0 Å². The van der Waals surface area contributed by atoms with E-state index in [1.165, 1.54) is 11.3 Å². The maximum atomic E-state index is 12.4. The van der Waals surface area contributed by atoms with Crippen molar-refractivity contribution in [2.45, 2.75) is 51.1 Å². The van der Waals surface area contributed by atoms with Crippen LogP contribution in [0, 0.1) is 5.92 Å². The molecule has 32 heavy (non-hydrogen) atoms. The van der Waals surface area contributed by atoms with Crippen LogP contribution in [0.3, 0.4) is 0 Å². The summed E-state index contributed by atoms with van der Waals surface area (Å²) in [5, 5.41) is 23.5. The Hall–Kier alpha value is -3.41. The highest BCUT2D eigenvalue weighted by atomic mass is 32.1. The molecule has 0 aliphatic carbocycles. The van der Waals surface area contributed by atoms with Gasteiger partial charge in [-0.1, -0.05) is 0 Å². The molecule has 1 aliphatic heterocycles. The number of carbonyl (C=O) groups is 3. The molecule has 0 aromatic carbocycles. The average molecular weight is 464 g/mol. The third-order valence-electron chi connectivity index (χ3n) is 5.47. The maximum Gasteiger partial charge on any atom is 0.326 e. The number of aryl methyl sites for hydroxylation is 1. The molecule has 2 aromatic rings. The van der Waals surface area contributed by atoms with E-state index in [1.807, 2.05) is 13.0 Å². The summed E-state index contributed by atoms with van der Waals surface area (Å²) in [7, 11) is 0. The minimum absolute atomic E-state index is 0.0735. The highest BCUT2D eigenvalue weighted by molar-refractivity contribution is 7.14. The van der Waals surface area contributed by atoms with Gasteiger partial charge in [-0.05, 0) is 50.7 Å². The summed E-state index contributed by atoms with van der Waals surface area (Å²) in [5.41, 5.74) is 5.94.